The molecule has 0 bridgehead atoms. The largest absolute Gasteiger partial charge is 0.463 e. The van der Waals surface area contributed by atoms with E-state index in [1.165, 1.54) is 0 Å². The van der Waals surface area contributed by atoms with E-state index in [9.17, 15) is 14.1 Å². The lowest BCUT2D eigenvalue weighted by Gasteiger charge is -2.21. The smallest absolute Gasteiger partial charge is 0.319 e. The highest BCUT2D eigenvalue weighted by Gasteiger charge is 2.27. The number of benzene rings is 1. The topological polar surface area (TPSA) is 91.6 Å². The quantitative estimate of drug-likeness (QED) is 0.781. The van der Waals surface area contributed by atoms with Crippen LogP contribution < -0.4 is 10.6 Å². The number of aliphatic hydroxyl groups is 1. The zero-order valence-corrected chi connectivity index (χ0v) is 14.1. The molecule has 0 unspecified atom stereocenters. The van der Waals surface area contributed by atoms with Crippen molar-refractivity contribution in [2.24, 2.45) is 0 Å². The second-order valence-electron chi connectivity index (χ2n) is 5.47. The summed E-state index contributed by atoms with van der Waals surface area (Å²) in [6.07, 6.45) is 1.57. The number of urea groups is 1. The molecule has 2 aromatic rings. The minimum Gasteiger partial charge on any atom is -0.463 e. The molecule has 0 saturated heterocycles. The molecule has 0 aliphatic heterocycles. The van der Waals surface area contributed by atoms with Crippen LogP contribution in [0.3, 0.4) is 0 Å². The van der Waals surface area contributed by atoms with Crippen LogP contribution in [0, 0.1) is 6.92 Å². The van der Waals surface area contributed by atoms with E-state index in [2.05, 4.69) is 10.6 Å². The first kappa shape index (κ1) is 17.2. The Balaban J connectivity index is 1.95. The molecule has 0 saturated carbocycles. The van der Waals surface area contributed by atoms with Crippen LogP contribution in [-0.2, 0) is 16.4 Å². The molecule has 0 aliphatic carbocycles. The molecule has 124 valence electrons. The monoisotopic (exact) mass is 336 g/mol. The molecule has 0 fully saturated rings. The molecule has 2 amide bonds. The van der Waals surface area contributed by atoms with Gasteiger partial charge in [0.25, 0.3) is 0 Å². The molecule has 7 heteroatoms. The van der Waals surface area contributed by atoms with Gasteiger partial charge in [-0.1, -0.05) is 6.07 Å². The van der Waals surface area contributed by atoms with Gasteiger partial charge in [-0.15, -0.1) is 0 Å². The summed E-state index contributed by atoms with van der Waals surface area (Å²) in [5.74, 6) is 1.08. The summed E-state index contributed by atoms with van der Waals surface area (Å²) < 4.78 is 16.8. The number of nitrogens with one attached hydrogen (secondary N) is 2. The van der Waals surface area contributed by atoms with Crippen LogP contribution in [0.15, 0.2) is 45.7 Å². The van der Waals surface area contributed by atoms with Crippen molar-refractivity contribution in [1.29, 1.82) is 0 Å². The predicted molar refractivity (Wildman–Crippen MR) is 88.8 cm³/mol. The van der Waals surface area contributed by atoms with E-state index in [1.54, 1.807) is 56.5 Å². The van der Waals surface area contributed by atoms with E-state index in [-0.39, 0.29) is 6.54 Å². The van der Waals surface area contributed by atoms with Gasteiger partial charge in [-0.25, -0.2) is 4.79 Å². The summed E-state index contributed by atoms with van der Waals surface area (Å²) in [6, 6.07) is 9.74. The third kappa shape index (κ3) is 4.67. The average Bonchev–Trinajstić information content (AvgIpc) is 2.93. The number of anilines is 1. The molecule has 1 aromatic heterocycles. The lowest BCUT2D eigenvalue weighted by Crippen LogP contribution is -2.40. The van der Waals surface area contributed by atoms with Crippen LogP contribution in [0.1, 0.15) is 18.4 Å². The molecule has 0 spiro atoms. The third-order valence-corrected chi connectivity index (χ3v) is 4.21. The second kappa shape index (κ2) is 6.97. The van der Waals surface area contributed by atoms with Crippen LogP contribution >= 0.6 is 0 Å². The highest BCUT2D eigenvalue weighted by Crippen LogP contribution is 2.22. The van der Waals surface area contributed by atoms with E-state index < -0.39 is 22.4 Å². The van der Waals surface area contributed by atoms with Crippen molar-refractivity contribution in [2.45, 2.75) is 24.3 Å². The fourth-order valence-corrected chi connectivity index (χ4v) is 2.55. The average molecular weight is 336 g/mol. The normalized spacial score (nSPS) is 14.8. The maximum atomic E-state index is 11.9. The van der Waals surface area contributed by atoms with Crippen molar-refractivity contribution >= 4 is 22.5 Å². The maximum Gasteiger partial charge on any atom is 0.319 e. The van der Waals surface area contributed by atoms with Gasteiger partial charge in [0.1, 0.15) is 17.1 Å². The molecule has 3 N–H and O–H groups in total. The second-order valence-corrected chi connectivity index (χ2v) is 6.85. The summed E-state index contributed by atoms with van der Waals surface area (Å²) in [5, 5.41) is 15.6. The van der Waals surface area contributed by atoms with Crippen molar-refractivity contribution in [3.63, 3.8) is 0 Å². The Morgan fingerprint density at radius 2 is 2.09 bits per heavy atom. The molecule has 23 heavy (non-hydrogen) atoms. The molecular weight excluding hydrogens is 316 g/mol. The first-order chi connectivity index (χ1) is 10.8. The van der Waals surface area contributed by atoms with Gasteiger partial charge in [0.2, 0.25) is 0 Å². The van der Waals surface area contributed by atoms with Gasteiger partial charge < -0.3 is 20.2 Å². The van der Waals surface area contributed by atoms with Crippen molar-refractivity contribution in [3.8, 4) is 0 Å². The first-order valence-corrected chi connectivity index (χ1v) is 8.61. The summed E-state index contributed by atoms with van der Waals surface area (Å²) >= 11 is 0. The lowest BCUT2D eigenvalue weighted by atomic mass is 10.0. The minimum absolute atomic E-state index is 0.00874. The number of carbonyl (C=O) groups is 1. The summed E-state index contributed by atoms with van der Waals surface area (Å²) in [4.78, 5) is 12.6. The van der Waals surface area contributed by atoms with Crippen molar-refractivity contribution in [3.05, 3.63) is 47.9 Å². The molecule has 1 heterocycles. The minimum atomic E-state index is -1.31. The van der Waals surface area contributed by atoms with Gasteiger partial charge in [0.05, 0.1) is 6.54 Å². The number of hydrogen-bond acceptors (Lipinski definition) is 4. The van der Waals surface area contributed by atoms with Crippen LogP contribution in [0.2, 0.25) is 0 Å². The van der Waals surface area contributed by atoms with Crippen molar-refractivity contribution in [2.75, 3.05) is 18.1 Å². The lowest BCUT2D eigenvalue weighted by molar-refractivity contribution is 0.0364. The fraction of sp³-hybridized carbons (Fsp3) is 0.312. The molecular formula is C16H20N2O4S. The molecule has 2 rings (SSSR count). The van der Waals surface area contributed by atoms with Gasteiger partial charge in [0.15, 0.2) is 0 Å². The van der Waals surface area contributed by atoms with Gasteiger partial charge in [0, 0.05) is 27.6 Å². The standard InChI is InChI=1S/C16H20N2O4S/c1-11-7-8-14(22-11)16(2,20)10-17-15(19)18-12-5-4-6-13(9-12)23(3)21/h4-9,20H,10H2,1-3H3,(H2,17,18,19)/t16-,23-/m1/s1. The van der Waals surface area contributed by atoms with Gasteiger partial charge >= 0.3 is 6.03 Å². The molecule has 6 nitrogen and oxygen atoms in total. The molecule has 0 aliphatic rings. The Bertz CT molecular complexity index is 724. The SMILES string of the molecule is Cc1ccc([C@](C)(O)CNC(=O)Nc2cccc([S@@](C)=O)c2)o1. The number of aryl methyl sites for hydroxylation is 1. The third-order valence-electron chi connectivity index (χ3n) is 3.29. The molecule has 2 atom stereocenters. The zero-order chi connectivity index (χ0) is 17.0. The van der Waals surface area contributed by atoms with Crippen molar-refractivity contribution in [1.82, 2.24) is 5.32 Å². The van der Waals surface area contributed by atoms with Crippen molar-refractivity contribution < 1.29 is 18.5 Å². The van der Waals surface area contributed by atoms with Gasteiger partial charge in [-0.2, -0.15) is 0 Å². The van der Waals surface area contributed by atoms with Crippen LogP contribution in [-0.4, -0.2) is 28.1 Å². The van der Waals surface area contributed by atoms with Gasteiger partial charge in [-0.05, 0) is 44.2 Å². The van der Waals surface area contributed by atoms with Crippen LogP contribution in [0.4, 0.5) is 10.5 Å². The number of hydrogen-bond donors (Lipinski definition) is 3. The van der Waals surface area contributed by atoms with Gasteiger partial charge in [-0.3, -0.25) is 4.21 Å². The van der Waals surface area contributed by atoms with E-state index in [0.29, 0.717) is 22.1 Å². The maximum absolute atomic E-state index is 11.9. The number of amides is 2. The Morgan fingerprint density at radius 1 is 1.35 bits per heavy atom. The fourth-order valence-electron chi connectivity index (χ4n) is 1.99. The highest BCUT2D eigenvalue weighted by atomic mass is 32.2. The number of furan rings is 1. The Morgan fingerprint density at radius 3 is 2.70 bits per heavy atom. The van der Waals surface area contributed by atoms with E-state index >= 15 is 0 Å². The number of carbonyl (C=O) groups excluding carboxylic acids is 1. The van der Waals surface area contributed by atoms with E-state index in [4.69, 9.17) is 4.42 Å². The van der Waals surface area contributed by atoms with Crippen LogP contribution in [0.5, 0.6) is 0 Å². The zero-order valence-electron chi connectivity index (χ0n) is 13.3. The van der Waals surface area contributed by atoms with E-state index in [0.717, 1.165) is 0 Å². The summed E-state index contributed by atoms with van der Waals surface area (Å²) in [6.45, 7) is 3.34. The highest BCUT2D eigenvalue weighted by molar-refractivity contribution is 7.84. The van der Waals surface area contributed by atoms with Crippen LogP contribution in [0.25, 0.3) is 0 Å². The Labute approximate surface area is 137 Å². The Hall–Kier alpha value is -2.12. The summed E-state index contributed by atoms with van der Waals surface area (Å²) in [7, 11) is -1.12. The van der Waals surface area contributed by atoms with E-state index in [1.807, 2.05) is 0 Å². The first-order valence-electron chi connectivity index (χ1n) is 7.05. The Kier molecular flexibility index (Phi) is 5.23. The predicted octanol–water partition coefficient (Wildman–Crippen LogP) is 2.35. The number of rotatable bonds is 5. The molecule has 0 radical (unpaired) electrons. The summed E-state index contributed by atoms with van der Waals surface area (Å²) in [5.41, 5.74) is -0.776. The molecule has 1 aromatic carbocycles.